The standard InChI is InChI=1S/C19H25F3N2O3/c1-18(2,3)15-6-4-14(5-7-15)16(25)27-13-12-23-8-10-24(11-9-23)17(26)19(20,21)22/h4-7H,8-13H2,1-3H3. The van der Waals surface area contributed by atoms with Crippen molar-refractivity contribution < 1.29 is 27.5 Å². The van der Waals surface area contributed by atoms with Crippen LogP contribution in [0.3, 0.4) is 0 Å². The lowest BCUT2D eigenvalue weighted by Crippen LogP contribution is -2.52. The molecule has 0 aromatic heterocycles. The lowest BCUT2D eigenvalue weighted by atomic mass is 9.87. The number of halogens is 3. The number of ether oxygens (including phenoxy) is 1. The number of hydrogen-bond donors (Lipinski definition) is 0. The molecule has 1 aromatic carbocycles. The van der Waals surface area contributed by atoms with E-state index in [-0.39, 0.29) is 25.1 Å². The zero-order valence-corrected chi connectivity index (χ0v) is 15.8. The summed E-state index contributed by atoms with van der Waals surface area (Å²) in [6.45, 7) is 7.49. The third kappa shape index (κ3) is 5.95. The molecule has 0 radical (unpaired) electrons. The molecule has 0 saturated carbocycles. The van der Waals surface area contributed by atoms with E-state index in [1.54, 1.807) is 12.1 Å². The summed E-state index contributed by atoms with van der Waals surface area (Å²) in [4.78, 5) is 25.9. The Bertz CT molecular complexity index is 658. The van der Waals surface area contributed by atoms with Crippen molar-refractivity contribution >= 4 is 11.9 Å². The highest BCUT2D eigenvalue weighted by molar-refractivity contribution is 5.89. The second kappa shape index (κ2) is 8.29. The van der Waals surface area contributed by atoms with Gasteiger partial charge in [-0.05, 0) is 23.1 Å². The van der Waals surface area contributed by atoms with Gasteiger partial charge in [0.2, 0.25) is 0 Å². The first kappa shape index (κ1) is 21.2. The molecule has 1 aromatic rings. The monoisotopic (exact) mass is 386 g/mol. The van der Waals surface area contributed by atoms with Gasteiger partial charge in [-0.3, -0.25) is 9.69 Å². The van der Waals surface area contributed by atoms with Crippen LogP contribution in [-0.4, -0.2) is 67.2 Å². The molecule has 0 bridgehead atoms. The van der Waals surface area contributed by atoms with E-state index in [2.05, 4.69) is 20.8 Å². The van der Waals surface area contributed by atoms with Crippen LogP contribution in [0.4, 0.5) is 13.2 Å². The quantitative estimate of drug-likeness (QED) is 0.747. The van der Waals surface area contributed by atoms with E-state index in [9.17, 15) is 22.8 Å². The van der Waals surface area contributed by atoms with Crippen molar-refractivity contribution in [3.8, 4) is 0 Å². The number of piperazine rings is 1. The Balaban J connectivity index is 1.74. The van der Waals surface area contributed by atoms with Gasteiger partial charge >= 0.3 is 18.1 Å². The van der Waals surface area contributed by atoms with Gasteiger partial charge in [-0.2, -0.15) is 13.2 Å². The lowest BCUT2D eigenvalue weighted by Gasteiger charge is -2.34. The van der Waals surface area contributed by atoms with Crippen LogP contribution in [0.2, 0.25) is 0 Å². The zero-order chi connectivity index (χ0) is 20.2. The number of benzene rings is 1. The molecule has 1 aliphatic heterocycles. The molecule has 0 N–H and O–H groups in total. The van der Waals surface area contributed by atoms with Crippen LogP contribution in [0.5, 0.6) is 0 Å². The summed E-state index contributed by atoms with van der Waals surface area (Å²) < 4.78 is 42.5. The van der Waals surface area contributed by atoms with Crippen molar-refractivity contribution in [1.82, 2.24) is 9.80 Å². The summed E-state index contributed by atoms with van der Waals surface area (Å²) in [6, 6.07) is 7.25. The SMILES string of the molecule is CC(C)(C)c1ccc(C(=O)OCCN2CCN(C(=O)C(F)(F)F)CC2)cc1. The molecule has 0 aliphatic carbocycles. The highest BCUT2D eigenvalue weighted by Crippen LogP contribution is 2.22. The molecule has 0 atom stereocenters. The maximum Gasteiger partial charge on any atom is 0.471 e. The molecule has 0 spiro atoms. The zero-order valence-electron chi connectivity index (χ0n) is 15.8. The predicted octanol–water partition coefficient (Wildman–Crippen LogP) is 2.85. The van der Waals surface area contributed by atoms with Crippen LogP contribution in [-0.2, 0) is 14.9 Å². The van der Waals surface area contributed by atoms with Crippen molar-refractivity contribution in [2.75, 3.05) is 39.3 Å². The topological polar surface area (TPSA) is 49.9 Å². The molecule has 5 nitrogen and oxygen atoms in total. The van der Waals surface area contributed by atoms with Gasteiger partial charge in [-0.1, -0.05) is 32.9 Å². The second-order valence-corrected chi connectivity index (χ2v) is 7.59. The van der Waals surface area contributed by atoms with Gasteiger partial charge < -0.3 is 9.64 Å². The third-order valence-corrected chi connectivity index (χ3v) is 4.53. The average molecular weight is 386 g/mol. The molecule has 1 amide bonds. The fourth-order valence-electron chi connectivity index (χ4n) is 2.81. The fraction of sp³-hybridized carbons (Fsp3) is 0.579. The van der Waals surface area contributed by atoms with Gasteiger partial charge in [0.15, 0.2) is 0 Å². The highest BCUT2D eigenvalue weighted by atomic mass is 19.4. The number of hydrogen-bond acceptors (Lipinski definition) is 4. The van der Waals surface area contributed by atoms with Crippen LogP contribution < -0.4 is 0 Å². The van der Waals surface area contributed by atoms with Crippen LogP contribution in [0.15, 0.2) is 24.3 Å². The van der Waals surface area contributed by atoms with Crippen molar-refractivity contribution in [3.63, 3.8) is 0 Å². The van der Waals surface area contributed by atoms with E-state index < -0.39 is 18.1 Å². The summed E-state index contributed by atoms with van der Waals surface area (Å²) in [5, 5.41) is 0. The molecule has 1 aliphatic rings. The minimum Gasteiger partial charge on any atom is -0.461 e. The van der Waals surface area contributed by atoms with E-state index in [4.69, 9.17) is 4.74 Å². The number of carbonyl (C=O) groups is 2. The normalized spacial score (nSPS) is 16.3. The molecule has 27 heavy (non-hydrogen) atoms. The van der Waals surface area contributed by atoms with Crippen LogP contribution in [0.1, 0.15) is 36.7 Å². The smallest absolute Gasteiger partial charge is 0.461 e. The number of nitrogens with zero attached hydrogens (tertiary/aromatic N) is 2. The summed E-state index contributed by atoms with van der Waals surface area (Å²) >= 11 is 0. The minimum absolute atomic E-state index is 0.00191. The van der Waals surface area contributed by atoms with Gasteiger partial charge in [-0.25, -0.2) is 4.79 Å². The molecule has 8 heteroatoms. The average Bonchev–Trinajstić information content (AvgIpc) is 2.60. The summed E-state index contributed by atoms with van der Waals surface area (Å²) in [6.07, 6.45) is -4.83. The van der Waals surface area contributed by atoms with Gasteiger partial charge in [0.05, 0.1) is 5.56 Å². The molecule has 2 rings (SSSR count). The Labute approximate surface area is 157 Å². The highest BCUT2D eigenvalue weighted by Gasteiger charge is 2.43. The fourth-order valence-corrected chi connectivity index (χ4v) is 2.81. The van der Waals surface area contributed by atoms with Gasteiger partial charge in [-0.15, -0.1) is 0 Å². The number of alkyl halides is 3. The first-order valence-electron chi connectivity index (χ1n) is 8.84. The number of esters is 1. The molecular weight excluding hydrogens is 361 g/mol. The summed E-state index contributed by atoms with van der Waals surface area (Å²) in [5.41, 5.74) is 1.58. The Morgan fingerprint density at radius 1 is 1.00 bits per heavy atom. The van der Waals surface area contributed by atoms with Crippen LogP contribution >= 0.6 is 0 Å². The summed E-state index contributed by atoms with van der Waals surface area (Å²) in [5.74, 6) is -2.23. The van der Waals surface area contributed by atoms with Crippen LogP contribution in [0.25, 0.3) is 0 Å². The van der Waals surface area contributed by atoms with Gasteiger partial charge in [0.25, 0.3) is 0 Å². The van der Waals surface area contributed by atoms with E-state index in [1.165, 1.54) is 0 Å². The largest absolute Gasteiger partial charge is 0.471 e. The lowest BCUT2D eigenvalue weighted by molar-refractivity contribution is -0.187. The minimum atomic E-state index is -4.83. The Kier molecular flexibility index (Phi) is 6.51. The molecule has 0 unspecified atom stereocenters. The number of carbonyl (C=O) groups excluding carboxylic acids is 2. The number of amides is 1. The van der Waals surface area contributed by atoms with E-state index in [1.807, 2.05) is 17.0 Å². The van der Waals surface area contributed by atoms with Gasteiger partial charge in [0, 0.05) is 32.7 Å². The predicted molar refractivity (Wildman–Crippen MR) is 94.5 cm³/mol. The molecule has 1 saturated heterocycles. The van der Waals surface area contributed by atoms with Crippen molar-refractivity contribution in [2.45, 2.75) is 32.4 Å². The van der Waals surface area contributed by atoms with Crippen molar-refractivity contribution in [1.29, 1.82) is 0 Å². The molecule has 1 fully saturated rings. The Morgan fingerprint density at radius 3 is 2.04 bits per heavy atom. The first-order valence-corrected chi connectivity index (χ1v) is 8.84. The summed E-state index contributed by atoms with van der Waals surface area (Å²) in [7, 11) is 0. The second-order valence-electron chi connectivity index (χ2n) is 7.59. The van der Waals surface area contributed by atoms with E-state index >= 15 is 0 Å². The van der Waals surface area contributed by atoms with Crippen molar-refractivity contribution in [3.05, 3.63) is 35.4 Å². The third-order valence-electron chi connectivity index (χ3n) is 4.53. The van der Waals surface area contributed by atoms with Gasteiger partial charge in [0.1, 0.15) is 6.61 Å². The maximum absolute atomic E-state index is 12.4. The van der Waals surface area contributed by atoms with E-state index in [0.717, 1.165) is 10.5 Å². The molecular formula is C19H25F3N2O3. The van der Waals surface area contributed by atoms with Crippen molar-refractivity contribution in [2.24, 2.45) is 0 Å². The maximum atomic E-state index is 12.4. The molecule has 150 valence electrons. The van der Waals surface area contributed by atoms with Crippen LogP contribution in [0, 0.1) is 0 Å². The number of rotatable bonds is 4. The van der Waals surface area contributed by atoms with E-state index in [0.29, 0.717) is 25.2 Å². The first-order chi connectivity index (χ1) is 12.5. The molecule has 1 heterocycles. The Morgan fingerprint density at radius 2 is 1.56 bits per heavy atom. The Hall–Kier alpha value is -2.09.